The molecule has 0 fully saturated rings. The third kappa shape index (κ3) is 3.04. The summed E-state index contributed by atoms with van der Waals surface area (Å²) in [5.74, 6) is -0.998. The zero-order chi connectivity index (χ0) is 17.5. The van der Waals surface area contributed by atoms with Gasteiger partial charge in [-0.1, -0.05) is 39.0 Å². The third-order valence-corrected chi connectivity index (χ3v) is 4.20. The average Bonchev–Trinajstić information content (AvgIpc) is 2.85. The summed E-state index contributed by atoms with van der Waals surface area (Å²) in [5.41, 5.74) is 5.50. The molecule has 124 valence electrons. The van der Waals surface area contributed by atoms with Crippen LogP contribution in [-0.4, -0.2) is 21.0 Å². The Labute approximate surface area is 141 Å². The van der Waals surface area contributed by atoms with Gasteiger partial charge in [-0.3, -0.25) is 0 Å². The second-order valence-corrected chi connectivity index (χ2v) is 7.27. The van der Waals surface area contributed by atoms with Gasteiger partial charge in [-0.25, -0.2) is 9.78 Å². The number of carboxylic acids is 1. The molecule has 0 atom stereocenters. The first-order valence-electron chi connectivity index (χ1n) is 8.06. The molecular formula is C20H22N2O2. The molecule has 3 aromatic rings. The number of carbonyl (C=O) groups is 1. The quantitative estimate of drug-likeness (QED) is 0.748. The number of hydrogen-bond donors (Lipinski definition) is 2. The fourth-order valence-electron chi connectivity index (χ4n) is 3.07. The van der Waals surface area contributed by atoms with Crippen molar-refractivity contribution in [2.24, 2.45) is 0 Å². The van der Waals surface area contributed by atoms with Crippen molar-refractivity contribution in [1.82, 2.24) is 9.97 Å². The number of nitrogens with zero attached hydrogens (tertiary/aromatic N) is 1. The van der Waals surface area contributed by atoms with E-state index in [4.69, 9.17) is 5.11 Å². The monoisotopic (exact) mass is 322 g/mol. The van der Waals surface area contributed by atoms with Crippen LogP contribution >= 0.6 is 0 Å². The number of aromatic carboxylic acids is 1. The van der Waals surface area contributed by atoms with Crippen molar-refractivity contribution in [3.63, 3.8) is 0 Å². The van der Waals surface area contributed by atoms with Gasteiger partial charge in [-0.2, -0.15) is 0 Å². The van der Waals surface area contributed by atoms with Crippen LogP contribution in [0.25, 0.3) is 10.9 Å². The van der Waals surface area contributed by atoms with Gasteiger partial charge in [0.15, 0.2) is 0 Å². The molecule has 3 rings (SSSR count). The number of aromatic amines is 1. The summed E-state index contributed by atoms with van der Waals surface area (Å²) in [6.07, 6.45) is 0.608. The number of aromatic nitrogens is 2. The van der Waals surface area contributed by atoms with E-state index < -0.39 is 5.97 Å². The molecule has 4 heteroatoms. The zero-order valence-electron chi connectivity index (χ0n) is 14.5. The highest BCUT2D eigenvalue weighted by atomic mass is 16.4. The van der Waals surface area contributed by atoms with Crippen LogP contribution in [0, 0.1) is 6.92 Å². The van der Waals surface area contributed by atoms with Crippen LogP contribution in [0.5, 0.6) is 0 Å². The molecule has 0 aliphatic heterocycles. The predicted octanol–water partition coefficient (Wildman–Crippen LogP) is 4.46. The van der Waals surface area contributed by atoms with Gasteiger partial charge < -0.3 is 10.1 Å². The van der Waals surface area contributed by atoms with E-state index in [1.807, 2.05) is 6.07 Å². The SMILES string of the molecule is Cc1ccc2c(Cc3cccc(C(=O)O)n3)c(C(C)(C)C)[nH]c2c1. The minimum atomic E-state index is -0.998. The minimum Gasteiger partial charge on any atom is -0.477 e. The average molecular weight is 322 g/mol. The fraction of sp³-hybridized carbons (Fsp3) is 0.300. The molecule has 0 aliphatic carbocycles. The second-order valence-electron chi connectivity index (χ2n) is 7.27. The Morgan fingerprint density at radius 1 is 1.21 bits per heavy atom. The minimum absolute atomic E-state index is 0.0351. The summed E-state index contributed by atoms with van der Waals surface area (Å²) in [4.78, 5) is 19.0. The molecule has 4 nitrogen and oxygen atoms in total. The maximum absolute atomic E-state index is 11.2. The van der Waals surface area contributed by atoms with Crippen LogP contribution in [0.15, 0.2) is 36.4 Å². The van der Waals surface area contributed by atoms with Crippen LogP contribution in [0.2, 0.25) is 0 Å². The van der Waals surface area contributed by atoms with Crippen LogP contribution < -0.4 is 0 Å². The normalized spacial score (nSPS) is 11.8. The highest BCUT2D eigenvalue weighted by Crippen LogP contribution is 2.33. The number of aryl methyl sites for hydroxylation is 1. The van der Waals surface area contributed by atoms with E-state index in [2.05, 4.69) is 55.9 Å². The molecule has 0 aliphatic rings. The summed E-state index contributed by atoms with van der Waals surface area (Å²) in [5, 5.41) is 10.3. The van der Waals surface area contributed by atoms with E-state index in [0.29, 0.717) is 6.42 Å². The maximum atomic E-state index is 11.2. The van der Waals surface area contributed by atoms with Gasteiger partial charge in [0, 0.05) is 34.1 Å². The predicted molar refractivity (Wildman–Crippen MR) is 95.7 cm³/mol. The molecule has 1 aromatic carbocycles. The Hall–Kier alpha value is -2.62. The fourth-order valence-corrected chi connectivity index (χ4v) is 3.07. The van der Waals surface area contributed by atoms with Crippen molar-refractivity contribution in [3.05, 3.63) is 64.6 Å². The first-order chi connectivity index (χ1) is 11.3. The lowest BCUT2D eigenvalue weighted by Gasteiger charge is -2.19. The van der Waals surface area contributed by atoms with Crippen molar-refractivity contribution >= 4 is 16.9 Å². The molecule has 0 amide bonds. The molecule has 2 N–H and O–H groups in total. The summed E-state index contributed by atoms with van der Waals surface area (Å²) in [6, 6.07) is 11.5. The Morgan fingerprint density at radius 3 is 2.62 bits per heavy atom. The van der Waals surface area contributed by atoms with Crippen molar-refractivity contribution in [2.75, 3.05) is 0 Å². The number of nitrogens with one attached hydrogen (secondary N) is 1. The third-order valence-electron chi connectivity index (χ3n) is 4.20. The maximum Gasteiger partial charge on any atom is 0.354 e. The Balaban J connectivity index is 2.14. The Bertz CT molecular complexity index is 917. The number of pyridine rings is 1. The van der Waals surface area contributed by atoms with E-state index in [0.717, 1.165) is 11.2 Å². The summed E-state index contributed by atoms with van der Waals surface area (Å²) >= 11 is 0. The van der Waals surface area contributed by atoms with Crippen LogP contribution in [0.4, 0.5) is 0 Å². The van der Waals surface area contributed by atoms with Gasteiger partial charge in [-0.05, 0) is 36.2 Å². The Morgan fingerprint density at radius 2 is 1.96 bits per heavy atom. The van der Waals surface area contributed by atoms with Gasteiger partial charge in [0.05, 0.1) is 0 Å². The van der Waals surface area contributed by atoms with Gasteiger partial charge >= 0.3 is 5.97 Å². The van der Waals surface area contributed by atoms with Crippen molar-refractivity contribution in [3.8, 4) is 0 Å². The van der Waals surface area contributed by atoms with Crippen molar-refractivity contribution in [2.45, 2.75) is 39.5 Å². The van der Waals surface area contributed by atoms with Gasteiger partial charge in [0.2, 0.25) is 0 Å². The standard InChI is InChI=1S/C20H22N2O2/c1-12-8-9-14-15(18(20(2,3)4)22-17(14)10-12)11-13-6-5-7-16(21-13)19(23)24/h5-10,22H,11H2,1-4H3,(H,23,24). The molecule has 0 spiro atoms. The molecule has 0 radical (unpaired) electrons. The van der Waals surface area contributed by atoms with Crippen LogP contribution in [-0.2, 0) is 11.8 Å². The lowest BCUT2D eigenvalue weighted by Crippen LogP contribution is -2.14. The first-order valence-corrected chi connectivity index (χ1v) is 8.06. The second kappa shape index (κ2) is 5.78. The van der Waals surface area contributed by atoms with Gasteiger partial charge in [0.1, 0.15) is 5.69 Å². The summed E-state index contributed by atoms with van der Waals surface area (Å²) in [7, 11) is 0. The number of fused-ring (bicyclic) bond motifs is 1. The number of rotatable bonds is 3. The molecular weight excluding hydrogens is 300 g/mol. The van der Waals surface area contributed by atoms with Crippen LogP contribution in [0.1, 0.15) is 53.8 Å². The number of hydrogen-bond acceptors (Lipinski definition) is 2. The zero-order valence-corrected chi connectivity index (χ0v) is 14.5. The molecule has 2 aromatic heterocycles. The number of benzene rings is 1. The topological polar surface area (TPSA) is 66.0 Å². The van der Waals surface area contributed by atoms with Gasteiger partial charge in [-0.15, -0.1) is 0 Å². The Kier molecular flexibility index (Phi) is 3.91. The molecule has 0 bridgehead atoms. The highest BCUT2D eigenvalue weighted by Gasteiger charge is 2.23. The van der Waals surface area contributed by atoms with Crippen molar-refractivity contribution < 1.29 is 9.90 Å². The van der Waals surface area contributed by atoms with Gasteiger partial charge in [0.25, 0.3) is 0 Å². The number of carboxylic acid groups (broad SMARTS) is 1. The summed E-state index contributed by atoms with van der Waals surface area (Å²) < 4.78 is 0. The van der Waals surface area contributed by atoms with E-state index in [9.17, 15) is 4.79 Å². The smallest absolute Gasteiger partial charge is 0.354 e. The largest absolute Gasteiger partial charge is 0.477 e. The summed E-state index contributed by atoms with van der Waals surface area (Å²) in [6.45, 7) is 8.61. The first kappa shape index (κ1) is 16.2. The van der Waals surface area contributed by atoms with E-state index in [1.54, 1.807) is 6.07 Å². The molecule has 0 saturated heterocycles. The highest BCUT2D eigenvalue weighted by molar-refractivity contribution is 5.86. The lowest BCUT2D eigenvalue weighted by atomic mass is 9.87. The van der Waals surface area contributed by atoms with E-state index in [1.165, 1.54) is 28.3 Å². The molecule has 2 heterocycles. The molecule has 0 saturated carbocycles. The van der Waals surface area contributed by atoms with E-state index in [-0.39, 0.29) is 11.1 Å². The molecule has 0 unspecified atom stereocenters. The van der Waals surface area contributed by atoms with Crippen LogP contribution in [0.3, 0.4) is 0 Å². The number of H-pyrrole nitrogens is 1. The van der Waals surface area contributed by atoms with Crippen molar-refractivity contribution in [1.29, 1.82) is 0 Å². The molecule has 24 heavy (non-hydrogen) atoms. The van der Waals surface area contributed by atoms with E-state index >= 15 is 0 Å². The lowest BCUT2D eigenvalue weighted by molar-refractivity contribution is 0.0690.